The molecule has 62 heavy (non-hydrogen) atoms. The number of nitrogens with two attached hydrogens (primary N) is 2. The fourth-order valence-electron chi connectivity index (χ4n) is 7.24. The zero-order valence-corrected chi connectivity index (χ0v) is 33.5. The lowest BCUT2D eigenvalue weighted by Gasteiger charge is -2.28. The minimum Gasteiger partial charge on any atom is -0.744 e. The summed E-state index contributed by atoms with van der Waals surface area (Å²) in [6.07, 6.45) is 12.9. The first-order chi connectivity index (χ1) is 29.7. The van der Waals surface area contributed by atoms with E-state index in [4.69, 9.17) is 0 Å². The van der Waals surface area contributed by atoms with E-state index in [0.717, 1.165) is 46.2 Å². The van der Waals surface area contributed by atoms with Crippen LogP contribution >= 0.6 is 0 Å². The summed E-state index contributed by atoms with van der Waals surface area (Å²) in [5, 5.41) is 5.98. The first-order valence-electron chi connectivity index (χ1n) is 18.5. The molecule has 308 valence electrons. The van der Waals surface area contributed by atoms with Gasteiger partial charge in [0, 0.05) is 33.0 Å². The number of benzene rings is 6. The third-order valence-electron chi connectivity index (χ3n) is 9.95. The van der Waals surface area contributed by atoms with Crippen LogP contribution in [0, 0.1) is 0 Å². The highest BCUT2D eigenvalue weighted by atomic mass is 32.2. The standard InChI is InChI=1S/C38H22N2O10S2.2C3H4N2/c41-35-27-9-1-5-23-6-2-10-28(33(23)27)36(42)39(35)25-17-15-21(31(19-25)51(45,46)47)13-14-22-16-18-26(20-32(22)52(48,49)50)40-37(43)29-11-3-7-24-8-4-12-30(34(24)29)38(40)44;2*1-2-5-3-4-1/h1-20H,(H,45,46,47)(H,48,49,50);2*1-3H,(H,4,5)/b14-13+;;. The molecule has 0 fully saturated rings. The Hall–Kier alpha value is -7.58. The van der Waals surface area contributed by atoms with Crippen molar-refractivity contribution in [2.45, 2.75) is 9.79 Å². The first-order valence-corrected chi connectivity index (χ1v) is 21.3. The second-order valence-corrected chi connectivity index (χ2v) is 16.4. The third-order valence-corrected chi connectivity index (χ3v) is 11.7. The second-order valence-electron chi connectivity index (χ2n) is 13.7. The van der Waals surface area contributed by atoms with Gasteiger partial charge in [0.15, 0.2) is 12.7 Å². The van der Waals surface area contributed by atoms with Crippen LogP contribution in [0.3, 0.4) is 0 Å². The van der Waals surface area contributed by atoms with E-state index >= 15 is 0 Å². The van der Waals surface area contributed by atoms with Crippen molar-refractivity contribution in [1.29, 1.82) is 0 Å². The Morgan fingerprint density at radius 1 is 0.484 bits per heavy atom. The van der Waals surface area contributed by atoms with E-state index < -0.39 is 53.7 Å². The molecule has 10 rings (SSSR count). The van der Waals surface area contributed by atoms with Gasteiger partial charge in [-0.2, -0.15) is 0 Å². The van der Waals surface area contributed by atoms with E-state index in [1.54, 1.807) is 73.6 Å². The zero-order valence-electron chi connectivity index (χ0n) is 31.9. The molecule has 4 aliphatic heterocycles. The normalized spacial score (nSPS) is 15.1. The smallest absolute Gasteiger partial charge is 0.265 e. The van der Waals surface area contributed by atoms with Gasteiger partial charge in [-0.25, -0.2) is 36.6 Å². The van der Waals surface area contributed by atoms with Crippen LogP contribution < -0.4 is 20.4 Å². The van der Waals surface area contributed by atoms with E-state index in [2.05, 4.69) is 9.98 Å². The number of aliphatic imine (C=N–C) groups is 2. The number of imide groups is 2. The number of anilines is 2. The molecule has 0 saturated carbocycles. The molecular weight excluding hydrogens is 837 g/mol. The first kappa shape index (κ1) is 41.2. The Morgan fingerprint density at radius 2 is 0.823 bits per heavy atom. The summed E-state index contributed by atoms with van der Waals surface area (Å²) in [6.45, 7) is 0. The Kier molecular flexibility index (Phi) is 10.9. The lowest BCUT2D eigenvalue weighted by atomic mass is 9.93. The van der Waals surface area contributed by atoms with Crippen molar-refractivity contribution in [3.63, 3.8) is 0 Å². The average molecular weight is 867 g/mol. The number of hydrogen-bond donors (Lipinski definition) is 2. The maximum absolute atomic E-state index is 13.5. The molecule has 0 atom stereocenters. The van der Waals surface area contributed by atoms with Gasteiger partial charge in [-0.1, -0.05) is 72.8 Å². The Labute approximate surface area is 353 Å². The fourth-order valence-corrected chi connectivity index (χ4v) is 8.62. The molecule has 0 unspecified atom stereocenters. The minimum atomic E-state index is -5.26. The third kappa shape index (κ3) is 7.79. The molecule has 4 N–H and O–H groups in total. The van der Waals surface area contributed by atoms with Crippen molar-refractivity contribution in [2.75, 3.05) is 9.80 Å². The van der Waals surface area contributed by atoms with Crippen LogP contribution in [0.1, 0.15) is 52.6 Å². The second kappa shape index (κ2) is 16.5. The van der Waals surface area contributed by atoms with Gasteiger partial charge in [-0.15, -0.1) is 0 Å². The van der Waals surface area contributed by atoms with Gasteiger partial charge in [-0.05, 0) is 70.4 Å². The van der Waals surface area contributed by atoms with Crippen LogP contribution in [0.5, 0.6) is 0 Å². The summed E-state index contributed by atoms with van der Waals surface area (Å²) in [7, 11) is -10.5. The van der Waals surface area contributed by atoms with Gasteiger partial charge in [0.25, 0.3) is 23.6 Å². The molecule has 0 saturated heterocycles. The molecule has 0 spiro atoms. The summed E-state index contributed by atoms with van der Waals surface area (Å²) in [6, 6.07) is 26.2. The largest absolute Gasteiger partial charge is 0.744 e. The molecule has 4 amide bonds. The molecule has 4 heterocycles. The molecule has 16 nitrogen and oxygen atoms in total. The lowest BCUT2D eigenvalue weighted by Crippen LogP contribution is -2.74. The van der Waals surface area contributed by atoms with Gasteiger partial charge < -0.3 is 9.11 Å². The summed E-state index contributed by atoms with van der Waals surface area (Å²) in [5.74, 6) is -2.93. The number of rotatable bonds is 6. The number of carbonyl (C=O) groups is 4. The van der Waals surface area contributed by atoms with Gasteiger partial charge >= 0.3 is 0 Å². The molecule has 4 aliphatic rings. The van der Waals surface area contributed by atoms with E-state index in [-0.39, 0.29) is 44.8 Å². The highest BCUT2D eigenvalue weighted by molar-refractivity contribution is 7.86. The van der Waals surface area contributed by atoms with Crippen molar-refractivity contribution in [2.24, 2.45) is 9.98 Å². The molecule has 0 bridgehead atoms. The van der Waals surface area contributed by atoms with E-state index in [1.165, 1.54) is 36.4 Å². The highest BCUT2D eigenvalue weighted by Crippen LogP contribution is 2.37. The van der Waals surface area contributed by atoms with E-state index in [1.807, 2.05) is 23.0 Å². The predicted octanol–water partition coefficient (Wildman–Crippen LogP) is 3.70. The lowest BCUT2D eigenvalue weighted by molar-refractivity contribution is -0.447. The predicted molar refractivity (Wildman–Crippen MR) is 227 cm³/mol. The molecule has 0 aromatic heterocycles. The monoisotopic (exact) mass is 866 g/mol. The van der Waals surface area contributed by atoms with E-state index in [9.17, 15) is 45.1 Å². The van der Waals surface area contributed by atoms with Crippen molar-refractivity contribution < 1.29 is 55.8 Å². The number of nitrogens with zero attached hydrogens (tertiary/aromatic N) is 4. The molecule has 6 aromatic rings. The number of quaternary nitrogens is 2. The maximum Gasteiger partial charge on any atom is 0.265 e. The number of hydrogen-bond acceptors (Lipinski definition) is 12. The highest BCUT2D eigenvalue weighted by Gasteiger charge is 2.36. The maximum atomic E-state index is 13.5. The summed E-state index contributed by atoms with van der Waals surface area (Å²) < 4.78 is 74.9. The van der Waals surface area contributed by atoms with Crippen LogP contribution in [-0.2, 0) is 20.2 Å². The Bertz CT molecular complexity index is 2960. The summed E-state index contributed by atoms with van der Waals surface area (Å²) >= 11 is 0. The summed E-state index contributed by atoms with van der Waals surface area (Å²) in [5.41, 5.74) is -0.0919. The van der Waals surface area contributed by atoms with Crippen LogP contribution in [0.15, 0.2) is 154 Å². The van der Waals surface area contributed by atoms with Crippen molar-refractivity contribution in [1.82, 2.24) is 0 Å². The summed E-state index contributed by atoms with van der Waals surface area (Å²) in [4.78, 5) is 61.4. The Morgan fingerprint density at radius 3 is 1.08 bits per heavy atom. The van der Waals surface area contributed by atoms with Crippen LogP contribution in [0.2, 0.25) is 0 Å². The topological polar surface area (TPSA) is 247 Å². The number of amides is 4. The fraction of sp³-hybridized carbons (Fsp3) is 0. The van der Waals surface area contributed by atoms with Gasteiger partial charge in [0.2, 0.25) is 0 Å². The molecule has 18 heteroatoms. The van der Waals surface area contributed by atoms with Crippen LogP contribution in [0.4, 0.5) is 11.4 Å². The van der Waals surface area contributed by atoms with Crippen molar-refractivity contribution in [3.05, 3.63) is 167 Å². The zero-order chi connectivity index (χ0) is 43.8. The quantitative estimate of drug-likeness (QED) is 0.140. The van der Waals surface area contributed by atoms with Gasteiger partial charge in [0.1, 0.15) is 32.6 Å². The molecule has 6 aromatic carbocycles. The molecule has 0 aliphatic carbocycles. The minimum absolute atomic E-state index is 0.201. The van der Waals surface area contributed by atoms with Gasteiger partial charge in [0.05, 0.1) is 33.6 Å². The molecular formula is C44H30N6O10S2. The Balaban J connectivity index is 0.000000466. The van der Waals surface area contributed by atoms with E-state index in [0.29, 0.717) is 21.5 Å². The van der Waals surface area contributed by atoms with Crippen molar-refractivity contribution in [3.8, 4) is 0 Å². The molecule has 0 radical (unpaired) electrons. The number of carbonyl (C=O) groups excluding carboxylic acids is 4. The van der Waals surface area contributed by atoms with Crippen molar-refractivity contribution >= 4 is 102 Å². The van der Waals surface area contributed by atoms with Gasteiger partial charge in [-0.3, -0.25) is 29.8 Å². The SMILES string of the molecule is C1=C[NH2+]C=N1.C1=C[NH2+]C=N1.O=C1c2cccc3cccc(c23)C(=O)N1c1ccc(/C=C/c2ccc(N3C(=O)c4cccc5cccc(c45)C3=O)cc2S(=O)(=O)[O-])c(S(=O)(=O)[O-])c1. The van der Waals surface area contributed by atoms with Crippen LogP contribution in [-0.4, -0.2) is 62.2 Å². The van der Waals surface area contributed by atoms with Crippen LogP contribution in [0.25, 0.3) is 33.7 Å². The average Bonchev–Trinajstić information content (AvgIpc) is 4.05.